The van der Waals surface area contributed by atoms with E-state index >= 15 is 0 Å². The van der Waals surface area contributed by atoms with Crippen LogP contribution in [0.4, 0.5) is 13.2 Å². The van der Waals surface area contributed by atoms with Crippen molar-refractivity contribution >= 4 is 22.5 Å². The van der Waals surface area contributed by atoms with Gasteiger partial charge < -0.3 is 10.5 Å². The highest BCUT2D eigenvalue weighted by atomic mass is 35.5. The molecule has 168 valence electrons. The van der Waals surface area contributed by atoms with Gasteiger partial charge in [-0.3, -0.25) is 0 Å². The molecule has 33 heavy (non-hydrogen) atoms. The summed E-state index contributed by atoms with van der Waals surface area (Å²) in [5.41, 5.74) is 1.38. The molecule has 2 aromatic heterocycles. The summed E-state index contributed by atoms with van der Waals surface area (Å²) in [5, 5.41) is 16.8. The molecule has 1 saturated heterocycles. The van der Waals surface area contributed by atoms with Crippen molar-refractivity contribution in [1.82, 2.24) is 10.3 Å². The van der Waals surface area contributed by atoms with Gasteiger partial charge in [-0.15, -0.1) is 0 Å². The van der Waals surface area contributed by atoms with Crippen molar-refractivity contribution in [3.63, 3.8) is 0 Å². The average Bonchev–Trinajstić information content (AvgIpc) is 2.80. The minimum absolute atomic E-state index is 0.0900. The number of hydrogen-bond acceptors (Lipinski definition) is 3. The highest BCUT2D eigenvalue weighted by Crippen LogP contribution is 2.39. The number of nitrogens with zero attached hydrogens (tertiary/aromatic N) is 2. The highest BCUT2D eigenvalue weighted by molar-refractivity contribution is 6.33. The van der Waals surface area contributed by atoms with E-state index < -0.39 is 23.0 Å². The first-order valence-corrected chi connectivity index (χ1v) is 11.0. The average molecular weight is 470 g/mol. The molecule has 0 aliphatic carbocycles. The normalized spacial score (nSPS) is 14.7. The van der Waals surface area contributed by atoms with Gasteiger partial charge in [0.1, 0.15) is 28.5 Å². The first kappa shape index (κ1) is 21.7. The minimum Gasteiger partial charge on any atom is -0.618 e. The van der Waals surface area contributed by atoms with Crippen molar-refractivity contribution in [2.45, 2.75) is 18.8 Å². The second-order valence-electron chi connectivity index (χ2n) is 8.09. The number of benzene rings is 2. The van der Waals surface area contributed by atoms with Crippen LogP contribution in [0, 0.1) is 22.7 Å². The third kappa shape index (κ3) is 3.92. The van der Waals surface area contributed by atoms with Crippen molar-refractivity contribution < 1.29 is 17.9 Å². The van der Waals surface area contributed by atoms with Crippen LogP contribution in [0.1, 0.15) is 24.5 Å². The third-order valence-electron chi connectivity index (χ3n) is 6.08. The van der Waals surface area contributed by atoms with Gasteiger partial charge in [-0.1, -0.05) is 17.7 Å². The molecule has 4 aromatic rings. The largest absolute Gasteiger partial charge is 0.618 e. The molecule has 0 saturated carbocycles. The summed E-state index contributed by atoms with van der Waals surface area (Å²) < 4.78 is 43.7. The van der Waals surface area contributed by atoms with Crippen LogP contribution in [-0.2, 0) is 0 Å². The van der Waals surface area contributed by atoms with E-state index in [9.17, 15) is 18.4 Å². The van der Waals surface area contributed by atoms with E-state index in [1.165, 1.54) is 24.4 Å². The smallest absolute Gasteiger partial charge is 0.256 e. The molecule has 3 heterocycles. The molecule has 0 bridgehead atoms. The van der Waals surface area contributed by atoms with Crippen LogP contribution >= 0.6 is 11.6 Å². The zero-order valence-corrected chi connectivity index (χ0v) is 18.2. The summed E-state index contributed by atoms with van der Waals surface area (Å²) in [5.74, 6) is -2.11. The monoisotopic (exact) mass is 469 g/mol. The maximum atomic E-state index is 14.7. The second-order valence-corrected chi connectivity index (χ2v) is 8.50. The van der Waals surface area contributed by atoms with Crippen molar-refractivity contribution in [2.24, 2.45) is 0 Å². The Bertz CT molecular complexity index is 1350. The van der Waals surface area contributed by atoms with E-state index in [4.69, 9.17) is 16.6 Å². The van der Waals surface area contributed by atoms with Crippen LogP contribution in [0.5, 0.6) is 0 Å². The van der Waals surface area contributed by atoms with Gasteiger partial charge in [0, 0.05) is 28.6 Å². The number of pyridine rings is 2. The molecule has 4 nitrogen and oxygen atoms in total. The van der Waals surface area contributed by atoms with E-state index in [2.05, 4.69) is 5.32 Å². The predicted octanol–water partition coefficient (Wildman–Crippen LogP) is 5.74. The van der Waals surface area contributed by atoms with Crippen molar-refractivity contribution in [3.05, 3.63) is 88.1 Å². The molecule has 1 aliphatic rings. The molecule has 8 heteroatoms. The summed E-state index contributed by atoms with van der Waals surface area (Å²) in [7, 11) is 0. The molecular weight excluding hydrogens is 451 g/mol. The molecule has 0 unspecified atom stereocenters. The Hall–Kier alpha value is -3.16. The molecular formula is C25H19ClF3N3O. The van der Waals surface area contributed by atoms with Crippen molar-refractivity contribution in [1.29, 1.82) is 0 Å². The van der Waals surface area contributed by atoms with E-state index in [0.29, 0.717) is 26.9 Å². The van der Waals surface area contributed by atoms with E-state index in [0.717, 1.165) is 38.1 Å². The quantitative estimate of drug-likeness (QED) is 0.307. The Kier molecular flexibility index (Phi) is 5.68. The van der Waals surface area contributed by atoms with Gasteiger partial charge in [-0.2, -0.15) is 4.73 Å². The van der Waals surface area contributed by atoms with Crippen LogP contribution in [-0.4, -0.2) is 18.1 Å². The van der Waals surface area contributed by atoms with Crippen LogP contribution in [0.25, 0.3) is 33.3 Å². The molecule has 1 fully saturated rings. The second kappa shape index (κ2) is 8.65. The maximum absolute atomic E-state index is 14.7. The van der Waals surface area contributed by atoms with Gasteiger partial charge >= 0.3 is 0 Å². The van der Waals surface area contributed by atoms with Crippen LogP contribution < -0.4 is 10.0 Å². The van der Waals surface area contributed by atoms with E-state index in [-0.39, 0.29) is 22.2 Å². The fraction of sp³-hybridized carbons (Fsp3) is 0.200. The van der Waals surface area contributed by atoms with Gasteiger partial charge in [0.15, 0.2) is 6.20 Å². The molecule has 1 N–H and O–H groups in total. The third-order valence-corrected chi connectivity index (χ3v) is 6.39. The topological polar surface area (TPSA) is 51.9 Å². The molecule has 0 amide bonds. The molecule has 2 aromatic carbocycles. The van der Waals surface area contributed by atoms with E-state index in [1.807, 2.05) is 6.07 Å². The first-order valence-electron chi connectivity index (χ1n) is 10.6. The number of fused-ring (bicyclic) bond motifs is 1. The zero-order valence-electron chi connectivity index (χ0n) is 17.4. The maximum Gasteiger partial charge on any atom is 0.256 e. The number of piperidine rings is 1. The number of nitrogens with one attached hydrogen (secondary N) is 1. The van der Waals surface area contributed by atoms with Gasteiger partial charge in [0.05, 0.1) is 5.02 Å². The SMILES string of the molecule is [O-][n+]1ccc2c(-c3ccc(F)cc3Cl)cc(C3CCNCC3)nc2c1-c1c(F)cccc1F. The van der Waals surface area contributed by atoms with E-state index in [1.54, 1.807) is 12.1 Å². The molecule has 5 rings (SSSR count). The lowest BCUT2D eigenvalue weighted by molar-refractivity contribution is -0.592. The van der Waals surface area contributed by atoms with Gasteiger partial charge in [0.2, 0.25) is 0 Å². The summed E-state index contributed by atoms with van der Waals surface area (Å²) in [6.07, 6.45) is 2.84. The molecule has 1 aliphatic heterocycles. The lowest BCUT2D eigenvalue weighted by Gasteiger charge is -2.23. The molecule has 0 atom stereocenters. The van der Waals surface area contributed by atoms with Gasteiger partial charge in [-0.25, -0.2) is 18.2 Å². The summed E-state index contributed by atoms with van der Waals surface area (Å²) in [4.78, 5) is 4.75. The lowest BCUT2D eigenvalue weighted by atomic mass is 9.90. The Morgan fingerprint density at radius 1 is 0.970 bits per heavy atom. The van der Waals surface area contributed by atoms with Crippen LogP contribution in [0.15, 0.2) is 54.7 Å². The standard InChI is InChI=1S/C25H19ClF3N3O/c26-19-12-15(27)4-5-16(19)18-13-22(14-6-9-30-10-7-14)31-24-17(18)8-11-32(33)25(24)23-20(28)2-1-3-21(23)29/h1-5,8,11-14,30H,6-7,9-10H2. The van der Waals surface area contributed by atoms with Crippen LogP contribution in [0.2, 0.25) is 5.02 Å². The summed E-state index contributed by atoms with van der Waals surface area (Å²) >= 11 is 6.38. The lowest BCUT2D eigenvalue weighted by Crippen LogP contribution is -2.30. The summed E-state index contributed by atoms with van der Waals surface area (Å²) in [6.45, 7) is 1.62. The Morgan fingerprint density at radius 3 is 2.39 bits per heavy atom. The first-order chi connectivity index (χ1) is 15.9. The fourth-order valence-electron chi connectivity index (χ4n) is 4.46. The van der Waals surface area contributed by atoms with Gasteiger partial charge in [-0.05, 0) is 67.9 Å². The molecule has 0 spiro atoms. The predicted molar refractivity (Wildman–Crippen MR) is 121 cm³/mol. The Balaban J connectivity index is 1.87. The number of halogens is 4. The number of hydrogen-bond donors (Lipinski definition) is 1. The van der Waals surface area contributed by atoms with Crippen molar-refractivity contribution in [3.8, 4) is 22.4 Å². The fourth-order valence-corrected chi connectivity index (χ4v) is 4.72. The number of rotatable bonds is 3. The van der Waals surface area contributed by atoms with Gasteiger partial charge in [0.25, 0.3) is 5.69 Å². The Morgan fingerprint density at radius 2 is 1.70 bits per heavy atom. The zero-order chi connectivity index (χ0) is 23.1. The highest BCUT2D eigenvalue weighted by Gasteiger charge is 2.27. The molecule has 0 radical (unpaired) electrons. The minimum atomic E-state index is -0.859. The number of aromatic nitrogens is 2. The van der Waals surface area contributed by atoms with Crippen molar-refractivity contribution in [2.75, 3.05) is 13.1 Å². The van der Waals surface area contributed by atoms with Crippen LogP contribution in [0.3, 0.4) is 0 Å². The summed E-state index contributed by atoms with van der Waals surface area (Å²) in [6, 6.07) is 10.9. The Labute approximate surface area is 193 Å².